The number of amides is 2. The number of aromatic nitrogens is 1. The summed E-state index contributed by atoms with van der Waals surface area (Å²) in [6, 6.07) is 4.82. The molecule has 0 unspecified atom stereocenters. The molecule has 1 aromatic carbocycles. The minimum atomic E-state index is -0.363. The fraction of sp³-hybridized carbons (Fsp3) is 0.353. The van der Waals surface area contributed by atoms with Crippen LogP contribution in [-0.4, -0.2) is 37.6 Å². The van der Waals surface area contributed by atoms with Crippen LogP contribution in [0.3, 0.4) is 0 Å². The number of aryl methyl sites for hydroxylation is 2. The van der Waals surface area contributed by atoms with Crippen molar-refractivity contribution in [2.24, 2.45) is 0 Å². The van der Waals surface area contributed by atoms with E-state index in [-0.39, 0.29) is 18.4 Å². The van der Waals surface area contributed by atoms with E-state index in [9.17, 15) is 9.59 Å². The summed E-state index contributed by atoms with van der Waals surface area (Å²) in [5.74, 6) is 0.324. The number of nitrogens with zero attached hydrogens (tertiary/aromatic N) is 1. The molecule has 25 heavy (non-hydrogen) atoms. The molecule has 1 aromatic heterocycles. The minimum absolute atomic E-state index is 0.128. The summed E-state index contributed by atoms with van der Waals surface area (Å²) in [6.07, 6.45) is 3.13. The molecule has 0 radical (unpaired) electrons. The third-order valence-electron chi connectivity index (χ3n) is 3.90. The standard InChI is InChI=1S/C17H19N3O4S/c1-23-12-7-6-10(8-13(12)24-2)16(22)18-9-15(21)20-17-19-11-4-3-5-14(11)25-17/h6-8H,3-5,9H2,1-2H3,(H,18,22)(H,19,20,21). The molecule has 132 valence electrons. The van der Waals surface area contributed by atoms with Crippen LogP contribution in [0.5, 0.6) is 11.5 Å². The maximum atomic E-state index is 12.2. The minimum Gasteiger partial charge on any atom is -0.493 e. The van der Waals surface area contributed by atoms with Gasteiger partial charge >= 0.3 is 0 Å². The first-order valence-corrected chi connectivity index (χ1v) is 8.71. The number of carbonyl (C=O) groups is 2. The van der Waals surface area contributed by atoms with Gasteiger partial charge in [-0.05, 0) is 37.5 Å². The van der Waals surface area contributed by atoms with Gasteiger partial charge in [0.15, 0.2) is 16.6 Å². The lowest BCUT2D eigenvalue weighted by atomic mass is 10.2. The van der Waals surface area contributed by atoms with E-state index in [0.717, 1.165) is 25.0 Å². The summed E-state index contributed by atoms with van der Waals surface area (Å²) in [4.78, 5) is 29.8. The molecule has 0 saturated carbocycles. The Bertz CT molecular complexity index is 782. The van der Waals surface area contributed by atoms with E-state index in [1.165, 1.54) is 30.4 Å². The second-order valence-corrected chi connectivity index (χ2v) is 6.63. The van der Waals surface area contributed by atoms with Gasteiger partial charge in [-0.3, -0.25) is 9.59 Å². The average molecular weight is 361 g/mol. The van der Waals surface area contributed by atoms with E-state index in [4.69, 9.17) is 9.47 Å². The molecule has 1 heterocycles. The van der Waals surface area contributed by atoms with Gasteiger partial charge in [-0.25, -0.2) is 4.98 Å². The fourth-order valence-electron chi connectivity index (χ4n) is 2.65. The molecule has 8 heteroatoms. The molecule has 2 amide bonds. The van der Waals surface area contributed by atoms with Gasteiger partial charge < -0.3 is 20.1 Å². The topological polar surface area (TPSA) is 89.5 Å². The SMILES string of the molecule is COc1ccc(C(=O)NCC(=O)Nc2nc3c(s2)CCC3)cc1OC. The number of nitrogens with one attached hydrogen (secondary N) is 2. The monoisotopic (exact) mass is 361 g/mol. The number of hydrogen-bond donors (Lipinski definition) is 2. The highest BCUT2D eigenvalue weighted by Gasteiger charge is 2.18. The van der Waals surface area contributed by atoms with Gasteiger partial charge in [0.1, 0.15) is 0 Å². The van der Waals surface area contributed by atoms with Gasteiger partial charge in [-0.1, -0.05) is 0 Å². The molecule has 0 atom stereocenters. The first-order chi connectivity index (χ1) is 12.1. The lowest BCUT2D eigenvalue weighted by Crippen LogP contribution is -2.32. The van der Waals surface area contributed by atoms with E-state index in [1.54, 1.807) is 18.2 Å². The quantitative estimate of drug-likeness (QED) is 0.822. The maximum absolute atomic E-state index is 12.2. The Morgan fingerprint density at radius 2 is 2.00 bits per heavy atom. The van der Waals surface area contributed by atoms with Crippen molar-refractivity contribution in [1.82, 2.24) is 10.3 Å². The third-order valence-corrected chi connectivity index (χ3v) is 4.97. The molecule has 0 aliphatic heterocycles. The third kappa shape index (κ3) is 3.90. The van der Waals surface area contributed by atoms with Crippen LogP contribution in [0.25, 0.3) is 0 Å². The Hall–Kier alpha value is -2.61. The number of carbonyl (C=O) groups excluding carboxylic acids is 2. The van der Waals surface area contributed by atoms with E-state index in [1.807, 2.05) is 0 Å². The highest BCUT2D eigenvalue weighted by atomic mass is 32.1. The zero-order valence-corrected chi connectivity index (χ0v) is 14.9. The second-order valence-electron chi connectivity index (χ2n) is 5.54. The number of methoxy groups -OCH3 is 2. The van der Waals surface area contributed by atoms with Crippen LogP contribution >= 0.6 is 11.3 Å². The molecule has 3 rings (SSSR count). The van der Waals surface area contributed by atoms with E-state index in [0.29, 0.717) is 22.2 Å². The second kappa shape index (κ2) is 7.52. The molecule has 0 saturated heterocycles. The molecule has 0 bridgehead atoms. The largest absolute Gasteiger partial charge is 0.493 e. The lowest BCUT2D eigenvalue weighted by Gasteiger charge is -2.10. The summed E-state index contributed by atoms with van der Waals surface area (Å²) < 4.78 is 10.3. The van der Waals surface area contributed by atoms with Crippen molar-refractivity contribution < 1.29 is 19.1 Å². The summed E-state index contributed by atoms with van der Waals surface area (Å²) in [6.45, 7) is -0.128. The highest BCUT2D eigenvalue weighted by molar-refractivity contribution is 7.15. The van der Waals surface area contributed by atoms with Crippen molar-refractivity contribution in [1.29, 1.82) is 0 Å². The summed E-state index contributed by atoms with van der Waals surface area (Å²) in [5.41, 5.74) is 1.47. The maximum Gasteiger partial charge on any atom is 0.251 e. The molecule has 0 spiro atoms. The first kappa shape index (κ1) is 17.2. The molecule has 2 aromatic rings. The zero-order valence-electron chi connectivity index (χ0n) is 14.0. The number of thiazole rings is 1. The van der Waals surface area contributed by atoms with E-state index < -0.39 is 0 Å². The van der Waals surface area contributed by atoms with Crippen molar-refractivity contribution in [3.63, 3.8) is 0 Å². The lowest BCUT2D eigenvalue weighted by molar-refractivity contribution is -0.115. The van der Waals surface area contributed by atoms with Gasteiger partial charge in [0.05, 0.1) is 26.5 Å². The number of rotatable bonds is 6. The molecule has 7 nitrogen and oxygen atoms in total. The predicted octanol–water partition coefficient (Wildman–Crippen LogP) is 2.02. The molecule has 2 N–H and O–H groups in total. The molecule has 0 fully saturated rings. The van der Waals surface area contributed by atoms with Crippen LogP contribution in [0.1, 0.15) is 27.3 Å². The normalized spacial score (nSPS) is 12.4. The molecular formula is C17H19N3O4S. The molecular weight excluding hydrogens is 342 g/mol. The van der Waals surface area contributed by atoms with Crippen molar-refractivity contribution in [3.8, 4) is 11.5 Å². The average Bonchev–Trinajstić information content (AvgIpc) is 3.20. The van der Waals surface area contributed by atoms with Crippen LogP contribution in [0.2, 0.25) is 0 Å². The van der Waals surface area contributed by atoms with Crippen molar-refractivity contribution >= 4 is 28.3 Å². The van der Waals surface area contributed by atoms with E-state index >= 15 is 0 Å². The number of benzene rings is 1. The predicted molar refractivity (Wildman–Crippen MR) is 94.6 cm³/mol. The Balaban J connectivity index is 1.55. The first-order valence-electron chi connectivity index (χ1n) is 7.89. The van der Waals surface area contributed by atoms with E-state index in [2.05, 4.69) is 15.6 Å². The molecule has 1 aliphatic rings. The highest BCUT2D eigenvalue weighted by Crippen LogP contribution is 2.30. The number of ether oxygens (including phenoxy) is 2. The van der Waals surface area contributed by atoms with Crippen molar-refractivity contribution in [2.45, 2.75) is 19.3 Å². The van der Waals surface area contributed by atoms with Gasteiger partial charge in [0, 0.05) is 10.4 Å². The van der Waals surface area contributed by atoms with Crippen molar-refractivity contribution in [3.05, 3.63) is 34.3 Å². The van der Waals surface area contributed by atoms with Crippen LogP contribution in [-0.2, 0) is 17.6 Å². The van der Waals surface area contributed by atoms with Crippen molar-refractivity contribution in [2.75, 3.05) is 26.1 Å². The smallest absolute Gasteiger partial charge is 0.251 e. The zero-order chi connectivity index (χ0) is 17.8. The molecule has 1 aliphatic carbocycles. The van der Waals surface area contributed by atoms with Crippen LogP contribution < -0.4 is 20.1 Å². The number of hydrogen-bond acceptors (Lipinski definition) is 6. The van der Waals surface area contributed by atoms with Gasteiger partial charge in [0.2, 0.25) is 5.91 Å². The summed E-state index contributed by atoms with van der Waals surface area (Å²) in [7, 11) is 3.02. The van der Waals surface area contributed by atoms with Gasteiger partial charge in [-0.2, -0.15) is 0 Å². The number of anilines is 1. The number of fused-ring (bicyclic) bond motifs is 1. The van der Waals surface area contributed by atoms with Gasteiger partial charge in [-0.15, -0.1) is 11.3 Å². The Labute approximate surface area is 149 Å². The summed E-state index contributed by atoms with van der Waals surface area (Å²) >= 11 is 1.50. The Morgan fingerprint density at radius 1 is 1.20 bits per heavy atom. The fourth-order valence-corrected chi connectivity index (χ4v) is 3.71. The Kier molecular flexibility index (Phi) is 5.18. The van der Waals surface area contributed by atoms with Crippen LogP contribution in [0, 0.1) is 0 Å². The van der Waals surface area contributed by atoms with Gasteiger partial charge in [0.25, 0.3) is 5.91 Å². The van der Waals surface area contributed by atoms with Crippen LogP contribution in [0.4, 0.5) is 5.13 Å². The van der Waals surface area contributed by atoms with Crippen LogP contribution in [0.15, 0.2) is 18.2 Å². The summed E-state index contributed by atoms with van der Waals surface area (Å²) in [5, 5.41) is 5.91. The Morgan fingerprint density at radius 3 is 2.72 bits per heavy atom.